The first kappa shape index (κ1) is 25.0. The smallest absolute Gasteiger partial charge is 0.381 e. The number of pyridine rings is 1. The van der Waals surface area contributed by atoms with Gasteiger partial charge in [0.15, 0.2) is 5.78 Å². The predicted octanol–water partition coefficient (Wildman–Crippen LogP) is 8.41. The highest BCUT2D eigenvalue weighted by Gasteiger charge is 2.34. The maximum Gasteiger partial charge on any atom is 0.418 e. The minimum absolute atomic E-state index is 0.195. The average Bonchev–Trinajstić information content (AvgIpc) is 2.95. The van der Waals surface area contributed by atoms with Crippen molar-refractivity contribution in [2.45, 2.75) is 12.7 Å². The first-order chi connectivity index (χ1) is 18.3. The number of hydrogen-bond acceptors (Lipinski definition) is 3. The average molecular weight is 509 g/mol. The van der Waals surface area contributed by atoms with Gasteiger partial charge in [0.05, 0.1) is 11.1 Å². The van der Waals surface area contributed by atoms with Crippen LogP contribution in [-0.4, -0.2) is 10.8 Å². The van der Waals surface area contributed by atoms with E-state index in [1.807, 2.05) is 42.5 Å². The molecule has 188 valence electrons. The normalized spacial score (nSPS) is 11.3. The highest BCUT2D eigenvalue weighted by atomic mass is 19.4. The number of aromatic nitrogens is 1. The van der Waals surface area contributed by atoms with Crippen LogP contribution in [0, 0.1) is 0 Å². The predicted molar refractivity (Wildman–Crippen MR) is 146 cm³/mol. The van der Waals surface area contributed by atoms with E-state index in [4.69, 9.17) is 0 Å². The van der Waals surface area contributed by atoms with Crippen molar-refractivity contribution in [2.24, 2.45) is 0 Å². The number of carbonyl (C=O) groups is 1. The van der Waals surface area contributed by atoms with Gasteiger partial charge in [0.25, 0.3) is 0 Å². The fourth-order valence-electron chi connectivity index (χ4n) is 4.50. The van der Waals surface area contributed by atoms with Gasteiger partial charge in [-0.3, -0.25) is 9.78 Å². The lowest BCUT2D eigenvalue weighted by Gasteiger charge is -2.17. The fraction of sp³-hybridized carbons (Fsp3) is 0.0625. The highest BCUT2D eigenvalue weighted by molar-refractivity contribution is 6.16. The molecule has 38 heavy (non-hydrogen) atoms. The number of fused-ring (bicyclic) bond motifs is 1. The Morgan fingerprint density at radius 2 is 1.66 bits per heavy atom. The van der Waals surface area contributed by atoms with Crippen LogP contribution in [0.3, 0.4) is 0 Å². The van der Waals surface area contributed by atoms with Crippen molar-refractivity contribution < 1.29 is 18.0 Å². The maximum absolute atomic E-state index is 13.8. The van der Waals surface area contributed by atoms with Gasteiger partial charge in [-0.05, 0) is 34.9 Å². The molecule has 0 amide bonds. The van der Waals surface area contributed by atoms with Crippen LogP contribution in [0.4, 0.5) is 18.9 Å². The van der Waals surface area contributed by atoms with Crippen LogP contribution >= 0.6 is 0 Å². The number of halogens is 3. The van der Waals surface area contributed by atoms with Crippen molar-refractivity contribution in [3.8, 4) is 11.1 Å². The Hall–Kier alpha value is -4.71. The SMILES string of the molecule is C=Cc1cccc(CNc2cccc(-c3c(C(=O)c4ccccc4)cnc4c(C(F)(F)F)cccc34)c2)c1. The van der Waals surface area contributed by atoms with Gasteiger partial charge in [-0.25, -0.2) is 0 Å². The fourth-order valence-corrected chi connectivity index (χ4v) is 4.50. The summed E-state index contributed by atoms with van der Waals surface area (Å²) in [6, 6.07) is 27.8. The lowest BCUT2D eigenvalue weighted by Crippen LogP contribution is -2.09. The first-order valence-corrected chi connectivity index (χ1v) is 12.0. The number of nitrogens with one attached hydrogen (secondary N) is 1. The molecule has 0 saturated carbocycles. The van der Waals surface area contributed by atoms with Crippen molar-refractivity contribution in [1.29, 1.82) is 0 Å². The molecule has 1 N–H and O–H groups in total. The largest absolute Gasteiger partial charge is 0.418 e. The van der Waals surface area contributed by atoms with E-state index < -0.39 is 11.7 Å². The van der Waals surface area contributed by atoms with Crippen molar-refractivity contribution >= 4 is 28.4 Å². The molecule has 4 aromatic carbocycles. The van der Waals surface area contributed by atoms with E-state index in [1.165, 1.54) is 12.3 Å². The van der Waals surface area contributed by atoms with Crippen LogP contribution in [0.1, 0.15) is 32.6 Å². The molecular weight excluding hydrogens is 485 g/mol. The molecule has 5 rings (SSSR count). The van der Waals surface area contributed by atoms with Gasteiger partial charge in [0.2, 0.25) is 0 Å². The number of para-hydroxylation sites is 1. The van der Waals surface area contributed by atoms with E-state index in [0.29, 0.717) is 23.2 Å². The van der Waals surface area contributed by atoms with Crippen LogP contribution in [0.15, 0.2) is 110 Å². The second kappa shape index (κ2) is 10.3. The van der Waals surface area contributed by atoms with Gasteiger partial charge in [0, 0.05) is 40.5 Å². The third kappa shape index (κ3) is 5.06. The number of alkyl halides is 3. The zero-order chi connectivity index (χ0) is 26.7. The molecule has 0 unspecified atom stereocenters. The van der Waals surface area contributed by atoms with E-state index in [9.17, 15) is 18.0 Å². The molecule has 0 fully saturated rings. The number of rotatable bonds is 7. The molecule has 6 heteroatoms. The van der Waals surface area contributed by atoms with E-state index in [0.717, 1.165) is 22.9 Å². The van der Waals surface area contributed by atoms with Gasteiger partial charge >= 0.3 is 6.18 Å². The summed E-state index contributed by atoms with van der Waals surface area (Å²) >= 11 is 0. The Balaban J connectivity index is 1.63. The molecule has 3 nitrogen and oxygen atoms in total. The quantitative estimate of drug-likeness (QED) is 0.224. The minimum atomic E-state index is -4.59. The summed E-state index contributed by atoms with van der Waals surface area (Å²) in [5.74, 6) is -0.313. The Bertz CT molecular complexity index is 1640. The van der Waals surface area contributed by atoms with Crippen molar-refractivity contribution in [1.82, 2.24) is 4.98 Å². The summed E-state index contributed by atoms with van der Waals surface area (Å²) in [6.07, 6.45) is -1.56. The lowest BCUT2D eigenvalue weighted by molar-refractivity contribution is -0.136. The molecule has 0 bridgehead atoms. The van der Waals surface area contributed by atoms with E-state index in [2.05, 4.69) is 16.9 Å². The maximum atomic E-state index is 13.8. The van der Waals surface area contributed by atoms with E-state index >= 15 is 0 Å². The Kier molecular flexibility index (Phi) is 6.79. The Labute approximate surface area is 218 Å². The van der Waals surface area contributed by atoms with E-state index in [1.54, 1.807) is 48.5 Å². The van der Waals surface area contributed by atoms with Crippen molar-refractivity contribution in [2.75, 3.05) is 5.32 Å². The molecule has 1 aromatic heterocycles. The summed E-state index contributed by atoms with van der Waals surface area (Å²) in [4.78, 5) is 17.7. The number of nitrogens with zero attached hydrogens (tertiary/aromatic N) is 1. The number of hydrogen-bond donors (Lipinski definition) is 1. The summed E-state index contributed by atoms with van der Waals surface area (Å²) in [7, 11) is 0. The highest BCUT2D eigenvalue weighted by Crippen LogP contribution is 2.39. The standard InChI is InChI=1S/C32H23F3N2O/c1-2-21-9-6-10-22(17-21)19-36-25-14-7-13-24(18-25)29-26-15-8-16-28(32(33,34)35)30(26)37-20-27(29)31(38)23-11-4-3-5-12-23/h2-18,20,36H,1,19H2. The summed E-state index contributed by atoms with van der Waals surface area (Å²) < 4.78 is 41.5. The van der Waals surface area contributed by atoms with Crippen molar-refractivity contribution in [3.05, 3.63) is 138 Å². The topological polar surface area (TPSA) is 42.0 Å². The van der Waals surface area contributed by atoms with E-state index in [-0.39, 0.29) is 22.2 Å². The molecule has 0 atom stereocenters. The Morgan fingerprint density at radius 1 is 0.895 bits per heavy atom. The molecule has 0 radical (unpaired) electrons. The molecule has 0 aliphatic carbocycles. The molecule has 0 aliphatic rings. The van der Waals surface area contributed by atoms with Crippen LogP contribution < -0.4 is 5.32 Å². The van der Waals surface area contributed by atoms with Crippen molar-refractivity contribution in [3.63, 3.8) is 0 Å². The molecule has 0 aliphatic heterocycles. The second-order valence-corrected chi connectivity index (χ2v) is 8.83. The zero-order valence-electron chi connectivity index (χ0n) is 20.3. The summed E-state index contributed by atoms with van der Waals surface area (Å²) in [5.41, 5.74) is 3.47. The minimum Gasteiger partial charge on any atom is -0.381 e. The van der Waals surface area contributed by atoms with Crippen LogP contribution in [0.25, 0.3) is 28.1 Å². The first-order valence-electron chi connectivity index (χ1n) is 12.0. The lowest BCUT2D eigenvalue weighted by atomic mass is 9.91. The summed E-state index contributed by atoms with van der Waals surface area (Å²) in [6.45, 7) is 4.34. The molecule has 0 spiro atoms. The zero-order valence-corrected chi connectivity index (χ0v) is 20.3. The van der Waals surface area contributed by atoms with Gasteiger partial charge in [-0.15, -0.1) is 0 Å². The van der Waals surface area contributed by atoms with Crippen LogP contribution in [0.5, 0.6) is 0 Å². The number of carbonyl (C=O) groups excluding carboxylic acids is 1. The van der Waals surface area contributed by atoms with Gasteiger partial charge in [0.1, 0.15) is 0 Å². The Morgan fingerprint density at radius 3 is 2.42 bits per heavy atom. The molecule has 1 heterocycles. The molecular formula is C32H23F3N2O. The monoisotopic (exact) mass is 508 g/mol. The third-order valence-electron chi connectivity index (χ3n) is 6.32. The second-order valence-electron chi connectivity index (χ2n) is 8.83. The number of ketones is 1. The van der Waals surface area contributed by atoms with Gasteiger partial charge in [-0.2, -0.15) is 13.2 Å². The van der Waals surface area contributed by atoms with Crippen LogP contribution in [0.2, 0.25) is 0 Å². The number of anilines is 1. The summed E-state index contributed by atoms with van der Waals surface area (Å²) in [5, 5.41) is 3.63. The van der Waals surface area contributed by atoms with Gasteiger partial charge in [-0.1, -0.05) is 91.5 Å². The van der Waals surface area contributed by atoms with Crippen LogP contribution in [-0.2, 0) is 12.7 Å². The van der Waals surface area contributed by atoms with Gasteiger partial charge < -0.3 is 5.32 Å². The molecule has 5 aromatic rings. The number of benzene rings is 4. The third-order valence-corrected chi connectivity index (χ3v) is 6.32. The molecule has 0 saturated heterocycles.